The highest BCUT2D eigenvalue weighted by Crippen LogP contribution is 2.48. The molecule has 1 aliphatic rings. The van der Waals surface area contributed by atoms with E-state index in [1.54, 1.807) is 0 Å². The molecule has 3 N–H and O–H groups in total. The zero-order chi connectivity index (χ0) is 14.0. The molecule has 0 amide bonds. The first-order valence-corrected chi connectivity index (χ1v) is 5.28. The Morgan fingerprint density at radius 2 is 1.78 bits per heavy atom. The molecule has 0 aliphatic heterocycles. The number of nitrogens with two attached hydrogens (primary N) is 1. The summed E-state index contributed by atoms with van der Waals surface area (Å²) in [6.07, 6.45) is -3.95. The van der Waals surface area contributed by atoms with Gasteiger partial charge in [0.25, 0.3) is 0 Å². The smallest absolute Gasteiger partial charge is 0.475 e. The maximum Gasteiger partial charge on any atom is 0.490 e. The van der Waals surface area contributed by atoms with Crippen LogP contribution in [-0.4, -0.2) is 22.8 Å². The van der Waals surface area contributed by atoms with Crippen molar-refractivity contribution in [2.24, 2.45) is 5.73 Å². The van der Waals surface area contributed by atoms with Crippen molar-refractivity contribution in [2.75, 3.05) is 0 Å². The second-order valence-corrected chi connectivity index (χ2v) is 4.48. The fraction of sp³-hybridized carbons (Fsp3) is 0.417. The highest BCUT2D eigenvalue weighted by atomic mass is 19.4. The van der Waals surface area contributed by atoms with Gasteiger partial charge >= 0.3 is 12.1 Å². The SMILES string of the molecule is CC1(N)CC1c1ccccc1.O=C(O)C(F)(F)F. The van der Waals surface area contributed by atoms with Gasteiger partial charge in [0.15, 0.2) is 0 Å². The van der Waals surface area contributed by atoms with Crippen molar-refractivity contribution < 1.29 is 23.1 Å². The van der Waals surface area contributed by atoms with E-state index < -0.39 is 12.1 Å². The highest BCUT2D eigenvalue weighted by Gasteiger charge is 2.47. The molecular formula is C12H14F3NO2. The Balaban J connectivity index is 0.000000203. The maximum atomic E-state index is 10.6. The highest BCUT2D eigenvalue weighted by molar-refractivity contribution is 5.73. The Morgan fingerprint density at radius 1 is 1.39 bits per heavy atom. The number of carboxylic acid groups (broad SMARTS) is 1. The van der Waals surface area contributed by atoms with Crippen LogP contribution in [0.2, 0.25) is 0 Å². The number of hydrogen-bond donors (Lipinski definition) is 2. The topological polar surface area (TPSA) is 63.3 Å². The molecule has 1 aliphatic carbocycles. The van der Waals surface area contributed by atoms with Gasteiger partial charge in [-0.15, -0.1) is 0 Å². The first-order chi connectivity index (χ1) is 8.14. The summed E-state index contributed by atoms with van der Waals surface area (Å²) in [6.45, 7) is 2.12. The summed E-state index contributed by atoms with van der Waals surface area (Å²) >= 11 is 0. The summed E-state index contributed by atoms with van der Waals surface area (Å²) in [6, 6.07) is 10.5. The van der Waals surface area contributed by atoms with Crippen LogP contribution in [0.4, 0.5) is 13.2 Å². The summed E-state index contributed by atoms with van der Waals surface area (Å²) in [4.78, 5) is 8.90. The molecule has 0 bridgehead atoms. The van der Waals surface area contributed by atoms with E-state index in [1.807, 2.05) is 6.07 Å². The van der Waals surface area contributed by atoms with Crippen LogP contribution >= 0.6 is 0 Å². The van der Waals surface area contributed by atoms with Crippen LogP contribution in [0.25, 0.3) is 0 Å². The third-order valence-electron chi connectivity index (χ3n) is 2.72. The van der Waals surface area contributed by atoms with Crippen LogP contribution < -0.4 is 5.73 Å². The molecule has 2 atom stereocenters. The normalized spacial score (nSPS) is 25.9. The summed E-state index contributed by atoms with van der Waals surface area (Å²) in [5.74, 6) is -2.16. The van der Waals surface area contributed by atoms with Crippen molar-refractivity contribution in [2.45, 2.75) is 31.0 Å². The fourth-order valence-electron chi connectivity index (χ4n) is 1.56. The van der Waals surface area contributed by atoms with Crippen molar-refractivity contribution in [3.63, 3.8) is 0 Å². The van der Waals surface area contributed by atoms with Crippen molar-refractivity contribution >= 4 is 5.97 Å². The van der Waals surface area contributed by atoms with Crippen molar-refractivity contribution in [3.8, 4) is 0 Å². The lowest BCUT2D eigenvalue weighted by atomic mass is 10.1. The number of halogens is 3. The van der Waals surface area contributed by atoms with Crippen LogP contribution in [0.5, 0.6) is 0 Å². The first kappa shape index (κ1) is 14.5. The Labute approximate surface area is 102 Å². The third-order valence-corrected chi connectivity index (χ3v) is 2.72. The molecule has 1 aromatic carbocycles. The molecule has 0 saturated heterocycles. The quantitative estimate of drug-likeness (QED) is 0.816. The molecule has 1 aromatic rings. The van der Waals surface area contributed by atoms with Crippen LogP contribution in [0, 0.1) is 0 Å². The zero-order valence-electron chi connectivity index (χ0n) is 9.74. The molecule has 18 heavy (non-hydrogen) atoms. The van der Waals surface area contributed by atoms with Gasteiger partial charge in [-0.3, -0.25) is 0 Å². The Hall–Kier alpha value is -1.56. The average Bonchev–Trinajstić information content (AvgIpc) is 2.89. The molecule has 2 unspecified atom stereocenters. The minimum absolute atomic E-state index is 0.0708. The minimum atomic E-state index is -5.08. The molecule has 0 spiro atoms. The van der Waals surface area contributed by atoms with Crippen molar-refractivity contribution in [3.05, 3.63) is 35.9 Å². The van der Waals surface area contributed by atoms with Crippen LogP contribution in [0.3, 0.4) is 0 Å². The summed E-state index contributed by atoms with van der Waals surface area (Å²) in [5, 5.41) is 7.12. The van der Waals surface area contributed by atoms with Gasteiger partial charge in [0.05, 0.1) is 0 Å². The third kappa shape index (κ3) is 4.03. The van der Waals surface area contributed by atoms with Gasteiger partial charge in [-0.25, -0.2) is 4.79 Å². The first-order valence-electron chi connectivity index (χ1n) is 5.28. The van der Waals surface area contributed by atoms with Gasteiger partial charge in [-0.2, -0.15) is 13.2 Å². The molecule has 0 heterocycles. The number of rotatable bonds is 1. The second-order valence-electron chi connectivity index (χ2n) is 4.48. The van der Waals surface area contributed by atoms with E-state index in [4.69, 9.17) is 15.6 Å². The van der Waals surface area contributed by atoms with Gasteiger partial charge in [0.1, 0.15) is 0 Å². The lowest BCUT2D eigenvalue weighted by molar-refractivity contribution is -0.192. The van der Waals surface area contributed by atoms with E-state index in [-0.39, 0.29) is 5.54 Å². The minimum Gasteiger partial charge on any atom is -0.475 e. The maximum absolute atomic E-state index is 10.6. The van der Waals surface area contributed by atoms with E-state index >= 15 is 0 Å². The van der Waals surface area contributed by atoms with Crippen molar-refractivity contribution in [1.82, 2.24) is 0 Å². The molecule has 100 valence electrons. The molecule has 1 fully saturated rings. The number of alkyl halides is 3. The van der Waals surface area contributed by atoms with Crippen LogP contribution in [0.15, 0.2) is 30.3 Å². The molecule has 2 rings (SSSR count). The molecule has 6 heteroatoms. The predicted octanol–water partition coefficient (Wildman–Crippen LogP) is 2.52. The van der Waals surface area contributed by atoms with E-state index in [0.29, 0.717) is 5.92 Å². The molecule has 0 aromatic heterocycles. The molecule has 1 saturated carbocycles. The summed E-state index contributed by atoms with van der Waals surface area (Å²) in [5.41, 5.74) is 7.40. The Bertz CT molecular complexity index is 415. The number of carbonyl (C=O) groups is 1. The molecular weight excluding hydrogens is 247 g/mol. The fourth-order valence-corrected chi connectivity index (χ4v) is 1.56. The van der Waals surface area contributed by atoms with Gasteiger partial charge in [0, 0.05) is 11.5 Å². The van der Waals surface area contributed by atoms with Crippen LogP contribution in [0.1, 0.15) is 24.8 Å². The van der Waals surface area contributed by atoms with E-state index in [1.165, 1.54) is 5.56 Å². The number of carboxylic acids is 1. The van der Waals surface area contributed by atoms with Crippen molar-refractivity contribution in [1.29, 1.82) is 0 Å². The largest absolute Gasteiger partial charge is 0.490 e. The molecule has 0 radical (unpaired) electrons. The van der Waals surface area contributed by atoms with E-state index in [9.17, 15) is 13.2 Å². The van der Waals surface area contributed by atoms with Gasteiger partial charge in [-0.1, -0.05) is 30.3 Å². The predicted molar refractivity (Wildman–Crippen MR) is 60.1 cm³/mol. The number of aliphatic carboxylic acids is 1. The number of benzene rings is 1. The lowest BCUT2D eigenvalue weighted by Crippen LogP contribution is -2.21. The van der Waals surface area contributed by atoms with Crippen LogP contribution in [-0.2, 0) is 4.79 Å². The monoisotopic (exact) mass is 261 g/mol. The average molecular weight is 261 g/mol. The zero-order valence-corrected chi connectivity index (χ0v) is 9.74. The molecule has 3 nitrogen and oxygen atoms in total. The lowest BCUT2D eigenvalue weighted by Gasteiger charge is -2.02. The summed E-state index contributed by atoms with van der Waals surface area (Å²) < 4.78 is 31.7. The van der Waals surface area contributed by atoms with Gasteiger partial charge < -0.3 is 10.8 Å². The van der Waals surface area contributed by atoms with E-state index in [2.05, 4.69) is 31.2 Å². The summed E-state index contributed by atoms with van der Waals surface area (Å²) in [7, 11) is 0. The Kier molecular flexibility index (Phi) is 4.01. The Morgan fingerprint density at radius 3 is 2.06 bits per heavy atom. The second kappa shape index (κ2) is 4.97. The van der Waals surface area contributed by atoms with E-state index in [0.717, 1.165) is 6.42 Å². The van der Waals surface area contributed by atoms with Gasteiger partial charge in [-0.05, 0) is 18.9 Å². The standard InChI is InChI=1S/C10H13N.C2HF3O2/c1-10(11)7-9(10)8-5-3-2-4-6-8;3-2(4,5)1(6)7/h2-6,9H,7,11H2,1H3;(H,6,7). The number of hydrogen-bond acceptors (Lipinski definition) is 2. The van der Waals surface area contributed by atoms with Gasteiger partial charge in [0.2, 0.25) is 0 Å².